The SMILES string of the molecule is CS(=O)(=O)NCCNCCc1ccc(N)cc1. The Hall–Kier alpha value is -1.11. The second-order valence-corrected chi connectivity index (χ2v) is 5.74. The molecule has 4 N–H and O–H groups in total. The Balaban J connectivity index is 2.10. The van der Waals surface area contributed by atoms with E-state index >= 15 is 0 Å². The van der Waals surface area contributed by atoms with Crippen molar-refractivity contribution in [1.82, 2.24) is 10.0 Å². The molecule has 0 saturated heterocycles. The predicted octanol–water partition coefficient (Wildman–Crippen LogP) is -0.0499. The van der Waals surface area contributed by atoms with E-state index in [0.29, 0.717) is 13.1 Å². The van der Waals surface area contributed by atoms with Gasteiger partial charge in [0.15, 0.2) is 0 Å². The smallest absolute Gasteiger partial charge is 0.208 e. The first-order valence-corrected chi connectivity index (χ1v) is 7.36. The summed E-state index contributed by atoms with van der Waals surface area (Å²) in [6.45, 7) is 1.86. The predicted molar refractivity (Wildman–Crippen MR) is 70.3 cm³/mol. The second kappa shape index (κ2) is 6.58. The number of hydrogen-bond donors (Lipinski definition) is 3. The Labute approximate surface area is 102 Å². The van der Waals surface area contributed by atoms with Gasteiger partial charge in [-0.05, 0) is 30.7 Å². The molecule has 0 aromatic heterocycles. The van der Waals surface area contributed by atoms with Crippen molar-refractivity contribution < 1.29 is 8.42 Å². The highest BCUT2D eigenvalue weighted by Gasteiger charge is 1.98. The molecule has 96 valence electrons. The molecule has 5 nitrogen and oxygen atoms in total. The lowest BCUT2D eigenvalue weighted by Gasteiger charge is -2.05. The first-order valence-electron chi connectivity index (χ1n) is 5.47. The zero-order valence-corrected chi connectivity index (χ0v) is 10.8. The molecule has 0 aliphatic rings. The van der Waals surface area contributed by atoms with Gasteiger partial charge in [0.25, 0.3) is 0 Å². The van der Waals surface area contributed by atoms with Crippen LogP contribution >= 0.6 is 0 Å². The van der Waals surface area contributed by atoms with Gasteiger partial charge < -0.3 is 11.1 Å². The van der Waals surface area contributed by atoms with Crippen LogP contribution in [0.1, 0.15) is 5.56 Å². The molecule has 0 saturated carbocycles. The van der Waals surface area contributed by atoms with Crippen molar-refractivity contribution in [1.29, 1.82) is 0 Å². The third kappa shape index (κ3) is 6.93. The number of rotatable bonds is 7. The Bertz CT molecular complexity index is 429. The zero-order valence-electron chi connectivity index (χ0n) is 9.94. The molecule has 1 aromatic rings. The lowest BCUT2D eigenvalue weighted by molar-refractivity contribution is 0.582. The Morgan fingerprint density at radius 1 is 1.12 bits per heavy atom. The lowest BCUT2D eigenvalue weighted by atomic mass is 10.1. The second-order valence-electron chi connectivity index (χ2n) is 3.91. The van der Waals surface area contributed by atoms with E-state index < -0.39 is 10.0 Å². The average molecular weight is 257 g/mol. The van der Waals surface area contributed by atoms with Crippen LogP contribution in [0.4, 0.5) is 5.69 Å². The van der Waals surface area contributed by atoms with Gasteiger partial charge in [0, 0.05) is 18.8 Å². The number of anilines is 1. The summed E-state index contributed by atoms with van der Waals surface area (Å²) in [7, 11) is -3.07. The summed E-state index contributed by atoms with van der Waals surface area (Å²) < 4.78 is 24.0. The standard InChI is InChI=1S/C11H19N3O2S/c1-17(15,16)14-9-8-13-7-6-10-2-4-11(12)5-3-10/h2-5,13-14H,6-9,12H2,1H3. The largest absolute Gasteiger partial charge is 0.399 e. The number of hydrogen-bond acceptors (Lipinski definition) is 4. The number of nitrogens with two attached hydrogens (primary N) is 1. The molecule has 17 heavy (non-hydrogen) atoms. The molecule has 0 aliphatic carbocycles. The normalized spacial score (nSPS) is 11.6. The molecule has 0 aliphatic heterocycles. The van der Waals surface area contributed by atoms with Gasteiger partial charge in [0.1, 0.15) is 0 Å². The highest BCUT2D eigenvalue weighted by atomic mass is 32.2. The van der Waals surface area contributed by atoms with E-state index in [4.69, 9.17) is 5.73 Å². The molecule has 0 spiro atoms. The van der Waals surface area contributed by atoms with Crippen LogP contribution in [0, 0.1) is 0 Å². The lowest BCUT2D eigenvalue weighted by Crippen LogP contribution is -2.31. The maximum Gasteiger partial charge on any atom is 0.208 e. The van der Waals surface area contributed by atoms with E-state index in [2.05, 4.69) is 10.0 Å². The van der Waals surface area contributed by atoms with Gasteiger partial charge >= 0.3 is 0 Å². The molecule has 6 heteroatoms. The van der Waals surface area contributed by atoms with Gasteiger partial charge in [0.2, 0.25) is 10.0 Å². The van der Waals surface area contributed by atoms with E-state index in [1.165, 1.54) is 5.56 Å². The van der Waals surface area contributed by atoms with Crippen molar-refractivity contribution in [3.63, 3.8) is 0 Å². The van der Waals surface area contributed by atoms with Gasteiger partial charge in [-0.1, -0.05) is 12.1 Å². The summed E-state index contributed by atoms with van der Waals surface area (Å²) in [6.07, 6.45) is 2.06. The molecule has 0 bridgehead atoms. The summed E-state index contributed by atoms with van der Waals surface area (Å²) in [5.41, 5.74) is 7.55. The Morgan fingerprint density at radius 3 is 2.35 bits per heavy atom. The molecule has 0 fully saturated rings. The first kappa shape index (κ1) is 14.0. The summed E-state index contributed by atoms with van der Waals surface area (Å²) in [6, 6.07) is 7.73. The third-order valence-electron chi connectivity index (χ3n) is 2.24. The van der Waals surface area contributed by atoms with Gasteiger partial charge in [-0.3, -0.25) is 0 Å². The summed E-state index contributed by atoms with van der Waals surface area (Å²) in [5.74, 6) is 0. The van der Waals surface area contributed by atoms with Crippen molar-refractivity contribution in [2.24, 2.45) is 0 Å². The van der Waals surface area contributed by atoms with E-state index in [0.717, 1.165) is 24.9 Å². The highest BCUT2D eigenvalue weighted by Crippen LogP contribution is 2.05. The van der Waals surface area contributed by atoms with Crippen LogP contribution in [0.5, 0.6) is 0 Å². The molecule has 0 atom stereocenters. The molecule has 1 rings (SSSR count). The molecule has 0 amide bonds. The minimum atomic E-state index is -3.07. The number of sulfonamides is 1. The maximum atomic E-state index is 10.8. The topological polar surface area (TPSA) is 84.2 Å². The summed E-state index contributed by atoms with van der Waals surface area (Å²) in [4.78, 5) is 0. The summed E-state index contributed by atoms with van der Waals surface area (Å²) >= 11 is 0. The zero-order chi connectivity index (χ0) is 12.7. The molecule has 0 heterocycles. The fourth-order valence-corrected chi connectivity index (χ4v) is 1.84. The van der Waals surface area contributed by atoms with E-state index in [9.17, 15) is 8.42 Å². The van der Waals surface area contributed by atoms with Crippen LogP contribution in [0.3, 0.4) is 0 Å². The van der Waals surface area contributed by atoms with E-state index in [1.54, 1.807) is 0 Å². The van der Waals surface area contributed by atoms with Gasteiger partial charge in [-0.2, -0.15) is 0 Å². The van der Waals surface area contributed by atoms with Crippen LogP contribution in [-0.2, 0) is 16.4 Å². The van der Waals surface area contributed by atoms with Crippen LogP contribution in [0.15, 0.2) is 24.3 Å². The summed E-state index contributed by atoms with van der Waals surface area (Å²) in [5, 5.41) is 3.16. The van der Waals surface area contributed by atoms with E-state index in [1.807, 2.05) is 24.3 Å². The minimum Gasteiger partial charge on any atom is -0.399 e. The fourth-order valence-electron chi connectivity index (χ4n) is 1.37. The van der Waals surface area contributed by atoms with Crippen LogP contribution < -0.4 is 15.8 Å². The van der Waals surface area contributed by atoms with Gasteiger partial charge in [-0.25, -0.2) is 13.1 Å². The number of nitrogen functional groups attached to an aromatic ring is 1. The third-order valence-corrected chi connectivity index (χ3v) is 2.96. The van der Waals surface area contributed by atoms with Crippen molar-refractivity contribution in [2.75, 3.05) is 31.6 Å². The average Bonchev–Trinajstić information content (AvgIpc) is 2.24. The van der Waals surface area contributed by atoms with E-state index in [-0.39, 0.29) is 0 Å². The minimum absolute atomic E-state index is 0.417. The molecular formula is C11H19N3O2S. The number of benzene rings is 1. The highest BCUT2D eigenvalue weighted by molar-refractivity contribution is 7.88. The molecule has 1 aromatic carbocycles. The van der Waals surface area contributed by atoms with Crippen molar-refractivity contribution >= 4 is 15.7 Å². The molecule has 0 unspecified atom stereocenters. The Kier molecular flexibility index (Phi) is 5.40. The number of nitrogens with one attached hydrogen (secondary N) is 2. The quantitative estimate of drug-likeness (QED) is 0.472. The van der Waals surface area contributed by atoms with Crippen LogP contribution in [0.2, 0.25) is 0 Å². The monoisotopic (exact) mass is 257 g/mol. The molecule has 0 radical (unpaired) electrons. The van der Waals surface area contributed by atoms with Crippen LogP contribution in [0.25, 0.3) is 0 Å². The van der Waals surface area contributed by atoms with Crippen molar-refractivity contribution in [2.45, 2.75) is 6.42 Å². The fraction of sp³-hybridized carbons (Fsp3) is 0.455. The van der Waals surface area contributed by atoms with Crippen molar-refractivity contribution in [3.8, 4) is 0 Å². The van der Waals surface area contributed by atoms with Crippen LogP contribution in [-0.4, -0.2) is 34.3 Å². The maximum absolute atomic E-state index is 10.8. The molecular weight excluding hydrogens is 238 g/mol. The first-order chi connectivity index (χ1) is 7.97. The van der Waals surface area contributed by atoms with Gasteiger partial charge in [-0.15, -0.1) is 0 Å². The van der Waals surface area contributed by atoms with Gasteiger partial charge in [0.05, 0.1) is 6.26 Å². The van der Waals surface area contributed by atoms with Crippen molar-refractivity contribution in [3.05, 3.63) is 29.8 Å². The Morgan fingerprint density at radius 2 is 1.76 bits per heavy atom.